The number of hydrogen-bond donors (Lipinski definition) is 3. The molecule has 5 nitrogen and oxygen atoms in total. The fraction of sp³-hybridized carbons (Fsp3) is 0.714. The molecule has 5 heteroatoms. The van der Waals surface area contributed by atoms with E-state index in [-0.39, 0.29) is 23.9 Å². The lowest BCUT2D eigenvalue weighted by atomic mass is 9.84. The summed E-state index contributed by atoms with van der Waals surface area (Å²) >= 11 is 0. The van der Waals surface area contributed by atoms with E-state index in [0.717, 1.165) is 6.42 Å². The van der Waals surface area contributed by atoms with Gasteiger partial charge in [-0.05, 0) is 24.7 Å². The number of aliphatic carboxylic acids is 1. The predicted octanol–water partition coefficient (Wildman–Crippen LogP) is 1.98. The molecule has 0 rings (SSSR count). The van der Waals surface area contributed by atoms with Gasteiger partial charge in [0.2, 0.25) is 0 Å². The molecule has 0 spiro atoms. The molecule has 19 heavy (non-hydrogen) atoms. The first kappa shape index (κ1) is 17.3. The molecule has 2 amide bonds. The molecule has 1 unspecified atom stereocenters. The molecule has 0 aromatic heterocycles. The number of urea groups is 1. The zero-order valence-corrected chi connectivity index (χ0v) is 12.0. The third-order valence-corrected chi connectivity index (χ3v) is 3.02. The topological polar surface area (TPSA) is 78.4 Å². The summed E-state index contributed by atoms with van der Waals surface area (Å²) in [6.07, 6.45) is 7.40. The molecular weight excluding hydrogens is 244 g/mol. The van der Waals surface area contributed by atoms with Crippen LogP contribution in [0.2, 0.25) is 0 Å². The van der Waals surface area contributed by atoms with Gasteiger partial charge < -0.3 is 15.7 Å². The number of rotatable bonds is 8. The highest BCUT2D eigenvalue weighted by molar-refractivity contribution is 5.74. The zero-order chi connectivity index (χ0) is 14.9. The van der Waals surface area contributed by atoms with Crippen LogP contribution in [0.5, 0.6) is 0 Å². The third kappa shape index (κ3) is 8.95. The first-order chi connectivity index (χ1) is 8.80. The normalized spacial score (nSPS) is 12.3. The minimum absolute atomic E-state index is 0.109. The monoisotopic (exact) mass is 268 g/mol. The predicted molar refractivity (Wildman–Crippen MR) is 74.7 cm³/mol. The van der Waals surface area contributed by atoms with E-state index in [2.05, 4.69) is 16.6 Å². The van der Waals surface area contributed by atoms with Gasteiger partial charge in [-0.15, -0.1) is 6.42 Å². The zero-order valence-electron chi connectivity index (χ0n) is 12.0. The van der Waals surface area contributed by atoms with Crippen LogP contribution in [0.15, 0.2) is 0 Å². The number of amides is 2. The van der Waals surface area contributed by atoms with Crippen molar-refractivity contribution in [2.75, 3.05) is 6.54 Å². The summed E-state index contributed by atoms with van der Waals surface area (Å²) < 4.78 is 0. The van der Waals surface area contributed by atoms with Crippen LogP contribution in [-0.2, 0) is 4.79 Å². The summed E-state index contributed by atoms with van der Waals surface area (Å²) in [7, 11) is 0. The molecule has 1 atom stereocenters. The molecule has 0 aliphatic carbocycles. The minimum atomic E-state index is -0.793. The van der Waals surface area contributed by atoms with Crippen LogP contribution in [0, 0.1) is 17.8 Å². The van der Waals surface area contributed by atoms with Crippen LogP contribution in [0.3, 0.4) is 0 Å². The maximum atomic E-state index is 11.5. The first-order valence-corrected chi connectivity index (χ1v) is 6.53. The number of nitrogens with one attached hydrogen (secondary N) is 2. The molecule has 3 N–H and O–H groups in total. The molecule has 0 radical (unpaired) electrons. The minimum Gasteiger partial charge on any atom is -0.481 e. The average Bonchev–Trinajstić information content (AvgIpc) is 2.33. The van der Waals surface area contributed by atoms with Crippen LogP contribution >= 0.6 is 0 Å². The fourth-order valence-corrected chi connectivity index (χ4v) is 1.56. The van der Waals surface area contributed by atoms with E-state index < -0.39 is 5.97 Å². The molecule has 0 saturated heterocycles. The lowest BCUT2D eigenvalue weighted by Gasteiger charge is -2.24. The Kier molecular flexibility index (Phi) is 7.66. The largest absolute Gasteiger partial charge is 0.481 e. The summed E-state index contributed by atoms with van der Waals surface area (Å²) in [6, 6.07) is -0.529. The van der Waals surface area contributed by atoms with Gasteiger partial charge in [-0.2, -0.15) is 0 Å². The average molecular weight is 268 g/mol. The van der Waals surface area contributed by atoms with E-state index in [9.17, 15) is 9.59 Å². The molecular formula is C14H24N2O3. The Bertz CT molecular complexity index is 345. The summed E-state index contributed by atoms with van der Waals surface area (Å²) in [5.41, 5.74) is -0.109. The van der Waals surface area contributed by atoms with E-state index in [4.69, 9.17) is 11.5 Å². The molecule has 0 aromatic carbocycles. The van der Waals surface area contributed by atoms with Gasteiger partial charge in [0.1, 0.15) is 0 Å². The first-order valence-electron chi connectivity index (χ1n) is 6.53. The Labute approximate surface area is 115 Å². The lowest BCUT2D eigenvalue weighted by Crippen LogP contribution is -2.42. The van der Waals surface area contributed by atoms with Gasteiger partial charge in [-0.25, -0.2) is 4.79 Å². The van der Waals surface area contributed by atoms with Crippen molar-refractivity contribution in [1.82, 2.24) is 10.6 Å². The number of carboxylic acids is 1. The number of terminal acetylenes is 1. The summed E-state index contributed by atoms with van der Waals surface area (Å²) in [4.78, 5) is 22.0. The Morgan fingerprint density at radius 2 is 2.00 bits per heavy atom. The maximum Gasteiger partial charge on any atom is 0.315 e. The second-order valence-corrected chi connectivity index (χ2v) is 5.34. The van der Waals surface area contributed by atoms with E-state index in [1.807, 2.05) is 20.8 Å². The molecule has 0 aliphatic rings. The molecule has 0 saturated carbocycles. The Morgan fingerprint density at radius 1 is 1.37 bits per heavy atom. The Morgan fingerprint density at radius 3 is 2.47 bits per heavy atom. The molecule has 0 aliphatic heterocycles. The highest BCUT2D eigenvalue weighted by Gasteiger charge is 2.19. The Balaban J connectivity index is 3.92. The van der Waals surface area contributed by atoms with Crippen LogP contribution in [0.4, 0.5) is 4.79 Å². The third-order valence-electron chi connectivity index (χ3n) is 3.02. The second-order valence-electron chi connectivity index (χ2n) is 5.34. The SMILES string of the molecule is C#CC(CC)NC(=O)NCCC(C)(C)CCC(=O)O. The van der Waals surface area contributed by atoms with Crippen molar-refractivity contribution in [3.63, 3.8) is 0 Å². The van der Waals surface area contributed by atoms with Crippen LogP contribution in [-0.4, -0.2) is 29.7 Å². The van der Waals surface area contributed by atoms with Crippen LogP contribution < -0.4 is 10.6 Å². The number of carbonyl (C=O) groups is 2. The smallest absolute Gasteiger partial charge is 0.315 e. The van der Waals surface area contributed by atoms with Gasteiger partial charge in [0.15, 0.2) is 0 Å². The summed E-state index contributed by atoms with van der Waals surface area (Å²) in [5.74, 6) is 1.69. The van der Waals surface area contributed by atoms with Crippen LogP contribution in [0.1, 0.15) is 46.5 Å². The summed E-state index contributed by atoms with van der Waals surface area (Å²) in [6.45, 7) is 6.39. The summed E-state index contributed by atoms with van der Waals surface area (Å²) in [5, 5.41) is 14.1. The van der Waals surface area contributed by atoms with Crippen molar-refractivity contribution in [3.8, 4) is 12.3 Å². The number of hydrogen-bond acceptors (Lipinski definition) is 2. The highest BCUT2D eigenvalue weighted by atomic mass is 16.4. The number of carboxylic acid groups (broad SMARTS) is 1. The van der Waals surface area contributed by atoms with Gasteiger partial charge in [-0.1, -0.05) is 26.7 Å². The van der Waals surface area contributed by atoms with Gasteiger partial charge >= 0.3 is 12.0 Å². The standard InChI is InChI=1S/C14H24N2O3/c1-5-11(6-2)16-13(19)15-10-9-14(3,4)8-7-12(17)18/h1,11H,6-10H2,2-4H3,(H,17,18)(H2,15,16,19). The van der Waals surface area contributed by atoms with E-state index in [1.165, 1.54) is 0 Å². The highest BCUT2D eigenvalue weighted by Crippen LogP contribution is 2.25. The molecule has 108 valence electrons. The van der Waals surface area contributed by atoms with Crippen molar-refractivity contribution >= 4 is 12.0 Å². The fourth-order valence-electron chi connectivity index (χ4n) is 1.56. The van der Waals surface area contributed by atoms with E-state index in [1.54, 1.807) is 0 Å². The van der Waals surface area contributed by atoms with Crippen molar-refractivity contribution in [2.24, 2.45) is 5.41 Å². The van der Waals surface area contributed by atoms with Crippen molar-refractivity contribution in [2.45, 2.75) is 52.5 Å². The van der Waals surface area contributed by atoms with E-state index in [0.29, 0.717) is 19.4 Å². The quantitative estimate of drug-likeness (QED) is 0.589. The number of carbonyl (C=O) groups excluding carboxylic acids is 1. The second kappa shape index (κ2) is 8.41. The van der Waals surface area contributed by atoms with Crippen molar-refractivity contribution < 1.29 is 14.7 Å². The maximum absolute atomic E-state index is 11.5. The molecule has 0 heterocycles. The Hall–Kier alpha value is -1.70. The van der Waals surface area contributed by atoms with E-state index >= 15 is 0 Å². The van der Waals surface area contributed by atoms with Gasteiger partial charge in [-0.3, -0.25) is 4.79 Å². The van der Waals surface area contributed by atoms with Gasteiger partial charge in [0, 0.05) is 13.0 Å². The van der Waals surface area contributed by atoms with Crippen molar-refractivity contribution in [3.05, 3.63) is 0 Å². The van der Waals surface area contributed by atoms with Gasteiger partial charge in [0.05, 0.1) is 6.04 Å². The van der Waals surface area contributed by atoms with Crippen molar-refractivity contribution in [1.29, 1.82) is 0 Å². The molecule has 0 bridgehead atoms. The van der Waals surface area contributed by atoms with Crippen LogP contribution in [0.25, 0.3) is 0 Å². The lowest BCUT2D eigenvalue weighted by molar-refractivity contribution is -0.137. The molecule has 0 fully saturated rings. The molecule has 0 aromatic rings. The van der Waals surface area contributed by atoms with Gasteiger partial charge in [0.25, 0.3) is 0 Å².